The summed E-state index contributed by atoms with van der Waals surface area (Å²) < 4.78 is 12.0. The molecule has 2 aromatic heterocycles. The number of hydrogen-bond acceptors (Lipinski definition) is 6. The first kappa shape index (κ1) is 12.1. The lowest BCUT2D eigenvalue weighted by Crippen LogP contribution is -1.99. The van der Waals surface area contributed by atoms with Crippen molar-refractivity contribution in [3.8, 4) is 0 Å². The molecule has 1 unspecified atom stereocenters. The second kappa shape index (κ2) is 4.94. The molecule has 0 amide bonds. The number of imidazole rings is 1. The van der Waals surface area contributed by atoms with Crippen LogP contribution in [0.2, 0.25) is 0 Å². The smallest absolute Gasteiger partial charge is 0.169 e. The van der Waals surface area contributed by atoms with Gasteiger partial charge >= 0.3 is 0 Å². The number of anilines is 1. The van der Waals surface area contributed by atoms with Gasteiger partial charge in [-0.05, 0) is 12.0 Å². The third kappa shape index (κ3) is 2.42. The van der Waals surface area contributed by atoms with E-state index in [1.165, 1.54) is 11.9 Å². The Morgan fingerprint density at radius 3 is 3.21 bits per heavy atom. The molecule has 7 nitrogen and oxygen atoms in total. The van der Waals surface area contributed by atoms with Crippen LogP contribution in [0.4, 0.5) is 5.82 Å². The summed E-state index contributed by atoms with van der Waals surface area (Å²) in [5.41, 5.74) is 8.41. The van der Waals surface area contributed by atoms with Crippen molar-refractivity contribution < 1.29 is 9.47 Å². The molecule has 2 aromatic rings. The van der Waals surface area contributed by atoms with Crippen molar-refractivity contribution >= 4 is 23.2 Å². The highest BCUT2D eigenvalue weighted by Gasteiger charge is 2.30. The predicted molar refractivity (Wildman–Crippen MR) is 69.9 cm³/mol. The third-order valence-corrected chi connectivity index (χ3v) is 3.06. The van der Waals surface area contributed by atoms with Gasteiger partial charge in [-0.2, -0.15) is 0 Å². The first-order valence-corrected chi connectivity index (χ1v) is 6.00. The van der Waals surface area contributed by atoms with E-state index in [-0.39, 0.29) is 0 Å². The van der Waals surface area contributed by atoms with E-state index in [1.54, 1.807) is 13.4 Å². The number of nitrogens with zero attached hydrogens (tertiary/aromatic N) is 4. The van der Waals surface area contributed by atoms with Crippen LogP contribution < -0.4 is 5.73 Å². The molecule has 19 heavy (non-hydrogen) atoms. The average Bonchev–Trinajstić information content (AvgIpc) is 3.00. The molecule has 0 saturated heterocycles. The molecular weight excluding hydrogens is 246 g/mol. The molecule has 0 aromatic carbocycles. The van der Waals surface area contributed by atoms with Crippen molar-refractivity contribution in [2.45, 2.75) is 6.42 Å². The van der Waals surface area contributed by atoms with Crippen LogP contribution in [-0.2, 0) is 9.47 Å². The van der Waals surface area contributed by atoms with Gasteiger partial charge in [0.15, 0.2) is 17.0 Å². The summed E-state index contributed by atoms with van der Waals surface area (Å²) in [6.45, 7) is 1.02. The molecule has 2 heterocycles. The number of fused-ring (bicyclic) bond motifs is 1. The van der Waals surface area contributed by atoms with E-state index >= 15 is 0 Å². The summed E-state index contributed by atoms with van der Waals surface area (Å²) in [6, 6.07) is 0. The van der Waals surface area contributed by atoms with Gasteiger partial charge in [-0.1, -0.05) is 0 Å². The summed E-state index contributed by atoms with van der Waals surface area (Å²) in [7, 11) is 1.62. The van der Waals surface area contributed by atoms with Crippen LogP contribution in [0.3, 0.4) is 0 Å². The molecular formula is C12H15N5O2. The molecule has 1 saturated carbocycles. The summed E-state index contributed by atoms with van der Waals surface area (Å²) in [5.74, 6) is 0.865. The van der Waals surface area contributed by atoms with E-state index in [0.29, 0.717) is 30.7 Å². The van der Waals surface area contributed by atoms with E-state index < -0.39 is 0 Å². The summed E-state index contributed by atoms with van der Waals surface area (Å²) >= 11 is 0. The minimum atomic E-state index is 0.335. The highest BCUT2D eigenvalue weighted by Crippen LogP contribution is 2.38. The SMILES string of the molecule is COCOCC1C/C1=C/n1cnc2c(N)ncnc21. The molecule has 0 aliphatic heterocycles. The number of aromatic nitrogens is 4. The average molecular weight is 261 g/mol. The van der Waals surface area contributed by atoms with Crippen LogP contribution in [-0.4, -0.2) is 40.0 Å². The molecule has 1 aliphatic carbocycles. The number of rotatable bonds is 5. The minimum absolute atomic E-state index is 0.335. The molecule has 2 N–H and O–H groups in total. The van der Waals surface area contributed by atoms with Crippen molar-refractivity contribution in [2.75, 3.05) is 26.2 Å². The van der Waals surface area contributed by atoms with Crippen LogP contribution in [0.15, 0.2) is 18.2 Å². The van der Waals surface area contributed by atoms with Gasteiger partial charge in [-0.15, -0.1) is 0 Å². The second-order valence-corrected chi connectivity index (χ2v) is 4.47. The van der Waals surface area contributed by atoms with Gasteiger partial charge in [0.05, 0.1) is 6.61 Å². The van der Waals surface area contributed by atoms with Crippen LogP contribution in [0.25, 0.3) is 17.4 Å². The second-order valence-electron chi connectivity index (χ2n) is 4.47. The Labute approximate surface area is 110 Å². The molecule has 1 aliphatic rings. The molecule has 1 atom stereocenters. The first-order valence-electron chi connectivity index (χ1n) is 6.00. The summed E-state index contributed by atoms with van der Waals surface area (Å²) in [4.78, 5) is 12.3. The monoisotopic (exact) mass is 261 g/mol. The summed E-state index contributed by atoms with van der Waals surface area (Å²) in [5, 5.41) is 0. The fourth-order valence-electron chi connectivity index (χ4n) is 1.97. The lowest BCUT2D eigenvalue weighted by Gasteiger charge is -1.99. The Balaban J connectivity index is 1.75. The number of methoxy groups -OCH3 is 1. The molecule has 100 valence electrons. The highest BCUT2D eigenvalue weighted by atomic mass is 16.7. The lowest BCUT2D eigenvalue weighted by molar-refractivity contribution is -0.0333. The number of nitrogens with two attached hydrogens (primary N) is 1. The highest BCUT2D eigenvalue weighted by molar-refractivity contribution is 5.82. The van der Waals surface area contributed by atoms with E-state index in [4.69, 9.17) is 15.2 Å². The third-order valence-electron chi connectivity index (χ3n) is 3.06. The largest absolute Gasteiger partial charge is 0.382 e. The topological polar surface area (TPSA) is 88.1 Å². The maximum absolute atomic E-state index is 5.74. The lowest BCUT2D eigenvalue weighted by atomic mass is 10.4. The molecule has 1 fully saturated rings. The fraction of sp³-hybridized carbons (Fsp3) is 0.417. The predicted octanol–water partition coefficient (Wildman–Crippen LogP) is 0.890. The number of ether oxygens (including phenoxy) is 2. The number of hydrogen-bond donors (Lipinski definition) is 1. The molecule has 0 radical (unpaired) electrons. The molecule has 7 heteroatoms. The zero-order chi connectivity index (χ0) is 13.2. The van der Waals surface area contributed by atoms with Crippen molar-refractivity contribution in [1.29, 1.82) is 0 Å². The fourth-order valence-corrected chi connectivity index (χ4v) is 1.97. The van der Waals surface area contributed by atoms with Crippen LogP contribution in [0.1, 0.15) is 6.42 Å². The molecule has 0 bridgehead atoms. The van der Waals surface area contributed by atoms with Crippen LogP contribution in [0, 0.1) is 5.92 Å². The van der Waals surface area contributed by atoms with Crippen molar-refractivity contribution in [1.82, 2.24) is 19.5 Å². The zero-order valence-corrected chi connectivity index (χ0v) is 10.6. The first-order chi connectivity index (χ1) is 9.29. The quantitative estimate of drug-likeness (QED) is 0.635. The van der Waals surface area contributed by atoms with E-state index in [9.17, 15) is 0 Å². The van der Waals surface area contributed by atoms with Gasteiger partial charge in [0, 0.05) is 19.2 Å². The van der Waals surface area contributed by atoms with Gasteiger partial charge in [0.1, 0.15) is 19.4 Å². The Morgan fingerprint density at radius 2 is 2.37 bits per heavy atom. The Kier molecular flexibility index (Phi) is 3.14. The van der Waals surface area contributed by atoms with Crippen molar-refractivity contribution in [3.63, 3.8) is 0 Å². The van der Waals surface area contributed by atoms with Crippen molar-refractivity contribution in [3.05, 3.63) is 18.2 Å². The normalized spacial score (nSPS) is 20.3. The minimum Gasteiger partial charge on any atom is -0.382 e. The summed E-state index contributed by atoms with van der Waals surface area (Å²) in [6.07, 6.45) is 6.21. The maximum Gasteiger partial charge on any atom is 0.169 e. The zero-order valence-electron chi connectivity index (χ0n) is 10.6. The Bertz CT molecular complexity index is 622. The standard InChI is InChI=1S/C12H15N5O2/c1-18-7-19-4-9-2-8(9)3-17-6-16-10-11(13)14-5-15-12(10)17/h3,5-6,9H,2,4,7H2,1H3,(H2,13,14,15)/b8-3-. The molecule has 3 rings (SSSR count). The van der Waals surface area contributed by atoms with Gasteiger partial charge in [0.2, 0.25) is 0 Å². The van der Waals surface area contributed by atoms with Crippen LogP contribution >= 0.6 is 0 Å². The van der Waals surface area contributed by atoms with E-state index in [2.05, 4.69) is 15.0 Å². The Morgan fingerprint density at radius 1 is 1.47 bits per heavy atom. The van der Waals surface area contributed by atoms with Gasteiger partial charge in [-0.25, -0.2) is 15.0 Å². The molecule has 0 spiro atoms. The maximum atomic E-state index is 5.74. The van der Waals surface area contributed by atoms with E-state index in [1.807, 2.05) is 10.8 Å². The number of nitrogen functional groups attached to an aromatic ring is 1. The van der Waals surface area contributed by atoms with Gasteiger partial charge < -0.3 is 15.2 Å². The van der Waals surface area contributed by atoms with Gasteiger partial charge in [0.25, 0.3) is 0 Å². The van der Waals surface area contributed by atoms with Crippen LogP contribution in [0.5, 0.6) is 0 Å². The van der Waals surface area contributed by atoms with Crippen molar-refractivity contribution in [2.24, 2.45) is 5.92 Å². The Hall–Kier alpha value is -1.99. The van der Waals surface area contributed by atoms with Gasteiger partial charge in [-0.3, -0.25) is 4.57 Å². The van der Waals surface area contributed by atoms with E-state index in [0.717, 1.165) is 12.1 Å².